The molecule has 1 saturated heterocycles. The Morgan fingerprint density at radius 1 is 1.25 bits per heavy atom. The Morgan fingerprint density at radius 3 is 2.88 bits per heavy atom. The van der Waals surface area contributed by atoms with E-state index in [4.69, 9.17) is 4.74 Å². The smallest absolute Gasteiger partial charge is 0.146 e. The normalized spacial score (nSPS) is 16.1. The Labute approximate surface area is 94.5 Å². The fourth-order valence-corrected chi connectivity index (χ4v) is 1.84. The van der Waals surface area contributed by atoms with Gasteiger partial charge in [-0.1, -0.05) is 18.2 Å². The van der Waals surface area contributed by atoms with Crippen molar-refractivity contribution in [3.63, 3.8) is 0 Å². The van der Waals surface area contributed by atoms with Crippen molar-refractivity contribution in [2.24, 2.45) is 0 Å². The van der Waals surface area contributed by atoms with Gasteiger partial charge in [0.1, 0.15) is 17.4 Å². The molecule has 0 bridgehead atoms. The summed E-state index contributed by atoms with van der Waals surface area (Å²) in [6, 6.07) is 10.2. The molecule has 16 heavy (non-hydrogen) atoms. The molecule has 3 heteroatoms. The van der Waals surface area contributed by atoms with E-state index in [1.54, 1.807) is 0 Å². The Kier molecular flexibility index (Phi) is 2.26. The molecule has 3 rings (SSSR count). The van der Waals surface area contributed by atoms with Gasteiger partial charge in [-0.2, -0.15) is 0 Å². The number of aromatic nitrogens is 1. The number of pyridine rings is 1. The second-order valence-corrected chi connectivity index (χ2v) is 4.18. The predicted octanol–water partition coefficient (Wildman–Crippen LogP) is 1.89. The average Bonchev–Trinajstić information content (AvgIpc) is 2.23. The molecule has 0 radical (unpaired) electrons. The molecule has 1 aromatic carbocycles. The van der Waals surface area contributed by atoms with Gasteiger partial charge in [0, 0.05) is 24.2 Å². The molecular formula is C13H14N2O. The third-order valence-electron chi connectivity index (χ3n) is 2.86. The van der Waals surface area contributed by atoms with Crippen LogP contribution < -0.4 is 10.1 Å². The number of fused-ring (bicyclic) bond motifs is 1. The zero-order valence-corrected chi connectivity index (χ0v) is 9.23. The van der Waals surface area contributed by atoms with Gasteiger partial charge >= 0.3 is 0 Å². The van der Waals surface area contributed by atoms with Crippen molar-refractivity contribution in [2.75, 3.05) is 13.1 Å². The Balaban J connectivity index is 2.04. The van der Waals surface area contributed by atoms with Gasteiger partial charge in [0.15, 0.2) is 0 Å². The monoisotopic (exact) mass is 214 g/mol. The number of hydrogen-bond acceptors (Lipinski definition) is 3. The SMILES string of the molecule is Cc1ccc2cccc(OC3CNC3)c2n1. The van der Waals surface area contributed by atoms with Gasteiger partial charge < -0.3 is 10.1 Å². The number of rotatable bonds is 2. The summed E-state index contributed by atoms with van der Waals surface area (Å²) >= 11 is 0. The number of benzene rings is 1. The molecule has 1 fully saturated rings. The molecule has 1 aromatic heterocycles. The number of ether oxygens (including phenoxy) is 1. The highest BCUT2D eigenvalue weighted by Gasteiger charge is 2.19. The molecule has 0 amide bonds. The predicted molar refractivity (Wildman–Crippen MR) is 63.8 cm³/mol. The lowest BCUT2D eigenvalue weighted by atomic mass is 10.2. The molecule has 1 aliphatic heterocycles. The zero-order chi connectivity index (χ0) is 11.0. The summed E-state index contributed by atoms with van der Waals surface area (Å²) in [5, 5.41) is 4.33. The lowest BCUT2D eigenvalue weighted by molar-refractivity contribution is 0.144. The third kappa shape index (κ3) is 1.63. The minimum atomic E-state index is 0.299. The molecule has 3 nitrogen and oxygen atoms in total. The summed E-state index contributed by atoms with van der Waals surface area (Å²) < 4.78 is 5.89. The molecule has 0 unspecified atom stereocenters. The lowest BCUT2D eigenvalue weighted by Gasteiger charge is -2.28. The van der Waals surface area contributed by atoms with E-state index >= 15 is 0 Å². The van der Waals surface area contributed by atoms with E-state index in [1.807, 2.05) is 25.1 Å². The molecule has 82 valence electrons. The van der Waals surface area contributed by atoms with Crippen LogP contribution in [0.2, 0.25) is 0 Å². The largest absolute Gasteiger partial charge is 0.485 e. The van der Waals surface area contributed by atoms with Crippen molar-refractivity contribution in [1.29, 1.82) is 0 Å². The van der Waals surface area contributed by atoms with E-state index in [9.17, 15) is 0 Å². The number of hydrogen-bond donors (Lipinski definition) is 1. The lowest BCUT2D eigenvalue weighted by Crippen LogP contribution is -2.50. The van der Waals surface area contributed by atoms with Gasteiger partial charge in [-0.3, -0.25) is 0 Å². The first-order valence-electron chi connectivity index (χ1n) is 5.57. The van der Waals surface area contributed by atoms with Gasteiger partial charge in [-0.05, 0) is 19.1 Å². The van der Waals surface area contributed by atoms with Crippen LogP contribution in [0, 0.1) is 6.92 Å². The van der Waals surface area contributed by atoms with E-state index in [0.717, 1.165) is 35.4 Å². The molecule has 2 aromatic rings. The van der Waals surface area contributed by atoms with Crippen molar-refractivity contribution in [3.8, 4) is 5.75 Å². The quantitative estimate of drug-likeness (QED) is 0.829. The summed E-state index contributed by atoms with van der Waals surface area (Å²) in [4.78, 5) is 4.54. The summed E-state index contributed by atoms with van der Waals surface area (Å²) in [5.41, 5.74) is 1.99. The van der Waals surface area contributed by atoms with E-state index in [-0.39, 0.29) is 0 Å². The zero-order valence-electron chi connectivity index (χ0n) is 9.23. The number of nitrogens with one attached hydrogen (secondary N) is 1. The molecule has 0 atom stereocenters. The standard InChI is InChI=1S/C13H14N2O/c1-9-5-6-10-3-2-4-12(13(10)15-9)16-11-7-14-8-11/h2-6,11,14H,7-8H2,1H3. The van der Waals surface area contributed by atoms with E-state index in [0.29, 0.717) is 6.10 Å². The third-order valence-corrected chi connectivity index (χ3v) is 2.86. The second kappa shape index (κ2) is 3.76. The van der Waals surface area contributed by atoms with E-state index < -0.39 is 0 Å². The van der Waals surface area contributed by atoms with Crippen LogP contribution in [-0.2, 0) is 0 Å². The van der Waals surface area contributed by atoms with Crippen LogP contribution in [0.1, 0.15) is 5.69 Å². The van der Waals surface area contributed by atoms with Crippen molar-refractivity contribution in [1.82, 2.24) is 10.3 Å². The van der Waals surface area contributed by atoms with Gasteiger partial charge in [-0.15, -0.1) is 0 Å². The van der Waals surface area contributed by atoms with Crippen LogP contribution >= 0.6 is 0 Å². The Morgan fingerprint density at radius 2 is 2.12 bits per heavy atom. The van der Waals surface area contributed by atoms with Gasteiger partial charge in [-0.25, -0.2) is 4.98 Å². The van der Waals surface area contributed by atoms with Crippen molar-refractivity contribution in [2.45, 2.75) is 13.0 Å². The maximum atomic E-state index is 5.89. The number of para-hydroxylation sites is 1. The van der Waals surface area contributed by atoms with Crippen LogP contribution in [-0.4, -0.2) is 24.2 Å². The Hall–Kier alpha value is -1.61. The molecule has 1 N–H and O–H groups in total. The molecule has 0 saturated carbocycles. The molecule has 2 heterocycles. The first-order chi connectivity index (χ1) is 7.83. The van der Waals surface area contributed by atoms with Crippen molar-refractivity contribution in [3.05, 3.63) is 36.0 Å². The fraction of sp³-hybridized carbons (Fsp3) is 0.308. The van der Waals surface area contributed by atoms with Crippen LogP contribution in [0.4, 0.5) is 0 Å². The minimum Gasteiger partial charge on any atom is -0.485 e. The highest BCUT2D eigenvalue weighted by molar-refractivity contribution is 5.84. The number of nitrogens with zero attached hydrogens (tertiary/aromatic N) is 1. The van der Waals surface area contributed by atoms with Crippen LogP contribution in [0.25, 0.3) is 10.9 Å². The first kappa shape index (κ1) is 9.60. The summed E-state index contributed by atoms with van der Waals surface area (Å²) in [7, 11) is 0. The summed E-state index contributed by atoms with van der Waals surface area (Å²) in [6.45, 7) is 3.87. The molecular weight excluding hydrogens is 200 g/mol. The maximum Gasteiger partial charge on any atom is 0.146 e. The average molecular weight is 214 g/mol. The van der Waals surface area contributed by atoms with Crippen molar-refractivity contribution < 1.29 is 4.74 Å². The van der Waals surface area contributed by atoms with Crippen molar-refractivity contribution >= 4 is 10.9 Å². The molecule has 1 aliphatic rings. The minimum absolute atomic E-state index is 0.299. The van der Waals surface area contributed by atoms with Crippen LogP contribution in [0.15, 0.2) is 30.3 Å². The van der Waals surface area contributed by atoms with Crippen LogP contribution in [0.3, 0.4) is 0 Å². The van der Waals surface area contributed by atoms with Gasteiger partial charge in [0.25, 0.3) is 0 Å². The van der Waals surface area contributed by atoms with Gasteiger partial charge in [0.2, 0.25) is 0 Å². The summed E-state index contributed by atoms with van der Waals surface area (Å²) in [6.07, 6.45) is 0.299. The van der Waals surface area contributed by atoms with E-state index in [2.05, 4.69) is 22.4 Å². The first-order valence-corrected chi connectivity index (χ1v) is 5.57. The second-order valence-electron chi connectivity index (χ2n) is 4.18. The highest BCUT2D eigenvalue weighted by atomic mass is 16.5. The highest BCUT2D eigenvalue weighted by Crippen LogP contribution is 2.25. The van der Waals surface area contributed by atoms with Gasteiger partial charge in [0.05, 0.1) is 0 Å². The fourth-order valence-electron chi connectivity index (χ4n) is 1.84. The Bertz CT molecular complexity index is 520. The topological polar surface area (TPSA) is 34.1 Å². The maximum absolute atomic E-state index is 5.89. The van der Waals surface area contributed by atoms with E-state index in [1.165, 1.54) is 0 Å². The molecule has 0 spiro atoms. The number of aryl methyl sites for hydroxylation is 1. The van der Waals surface area contributed by atoms with Crippen LogP contribution in [0.5, 0.6) is 5.75 Å². The summed E-state index contributed by atoms with van der Waals surface area (Å²) in [5.74, 6) is 0.896. The molecule has 0 aliphatic carbocycles.